The molecule has 3 rings (SSSR count). The van der Waals surface area contributed by atoms with Gasteiger partial charge in [-0.1, -0.05) is 12.5 Å². The molecule has 1 fully saturated rings. The van der Waals surface area contributed by atoms with Gasteiger partial charge in [-0.2, -0.15) is 0 Å². The van der Waals surface area contributed by atoms with Gasteiger partial charge in [-0.15, -0.1) is 11.3 Å². The van der Waals surface area contributed by atoms with Gasteiger partial charge in [-0.3, -0.25) is 0 Å². The highest BCUT2D eigenvalue weighted by molar-refractivity contribution is 7.09. The van der Waals surface area contributed by atoms with Gasteiger partial charge in [0.25, 0.3) is 0 Å². The fourth-order valence-corrected chi connectivity index (χ4v) is 4.62. The molecule has 1 atom stereocenters. The van der Waals surface area contributed by atoms with Crippen molar-refractivity contribution in [1.82, 2.24) is 15.2 Å². The number of likely N-dealkylation sites (tertiary alicyclic amines) is 1. The molecule has 1 aliphatic rings. The van der Waals surface area contributed by atoms with Crippen molar-refractivity contribution in [3.8, 4) is 11.5 Å². The van der Waals surface area contributed by atoms with E-state index >= 15 is 0 Å². The van der Waals surface area contributed by atoms with E-state index in [1.807, 2.05) is 17.6 Å². The molecule has 0 radical (unpaired) electrons. The van der Waals surface area contributed by atoms with E-state index in [0.717, 1.165) is 50.3 Å². The molecule has 2 aromatic rings. The smallest absolute Gasteiger partial charge is 0.161 e. The predicted molar refractivity (Wildman–Crippen MR) is 122 cm³/mol. The Morgan fingerprint density at radius 3 is 2.80 bits per heavy atom. The lowest BCUT2D eigenvalue weighted by atomic mass is 10.1. The summed E-state index contributed by atoms with van der Waals surface area (Å²) in [5.74, 6) is 1.39. The number of rotatable bonds is 12. The summed E-state index contributed by atoms with van der Waals surface area (Å²) in [6.45, 7) is 6.89. The monoisotopic (exact) mass is 433 g/mol. The number of nitrogens with one attached hydrogen (secondary N) is 1. The van der Waals surface area contributed by atoms with Crippen LogP contribution >= 0.6 is 11.3 Å². The molecule has 7 heteroatoms. The average Bonchev–Trinajstić information content (AvgIpc) is 3.17. The van der Waals surface area contributed by atoms with Crippen molar-refractivity contribution in [2.24, 2.45) is 0 Å². The van der Waals surface area contributed by atoms with Crippen molar-refractivity contribution in [2.75, 3.05) is 39.9 Å². The highest BCUT2D eigenvalue weighted by Crippen LogP contribution is 2.28. The van der Waals surface area contributed by atoms with Crippen LogP contribution in [-0.4, -0.2) is 61.0 Å². The van der Waals surface area contributed by atoms with E-state index in [4.69, 9.17) is 9.47 Å². The fraction of sp³-hybridized carbons (Fsp3) is 0.609. The second-order valence-electron chi connectivity index (χ2n) is 7.95. The third kappa shape index (κ3) is 7.23. The van der Waals surface area contributed by atoms with E-state index in [9.17, 15) is 5.11 Å². The van der Waals surface area contributed by atoms with E-state index in [-0.39, 0.29) is 6.61 Å². The number of benzene rings is 1. The zero-order valence-corrected chi connectivity index (χ0v) is 19.0. The van der Waals surface area contributed by atoms with Crippen LogP contribution in [0.25, 0.3) is 0 Å². The number of thiazole rings is 1. The molecule has 0 bridgehead atoms. The molecule has 166 valence electrons. The first-order valence-corrected chi connectivity index (χ1v) is 11.8. The number of hydrogen-bond acceptors (Lipinski definition) is 7. The summed E-state index contributed by atoms with van der Waals surface area (Å²) in [7, 11) is 1.64. The largest absolute Gasteiger partial charge is 0.493 e. The minimum Gasteiger partial charge on any atom is -0.493 e. The zero-order valence-electron chi connectivity index (χ0n) is 18.2. The Morgan fingerprint density at radius 2 is 2.07 bits per heavy atom. The molecule has 0 saturated carbocycles. The van der Waals surface area contributed by atoms with E-state index < -0.39 is 6.10 Å². The minimum atomic E-state index is -0.496. The van der Waals surface area contributed by atoms with Crippen molar-refractivity contribution in [3.63, 3.8) is 0 Å². The Kier molecular flexibility index (Phi) is 9.39. The topological polar surface area (TPSA) is 66.8 Å². The van der Waals surface area contributed by atoms with Gasteiger partial charge in [-0.25, -0.2) is 4.98 Å². The maximum atomic E-state index is 10.4. The molecule has 1 aromatic carbocycles. The summed E-state index contributed by atoms with van der Waals surface area (Å²) in [6, 6.07) is 5.99. The number of ether oxygens (including phenoxy) is 2. The number of methoxy groups -OCH3 is 1. The SMILES string of the molecule is COc1ccc(CNCCCc2scnc2C)cc1OC[C@H](O)CN1CCCCC1. The van der Waals surface area contributed by atoms with Gasteiger partial charge >= 0.3 is 0 Å². The van der Waals surface area contributed by atoms with Crippen LogP contribution in [0.3, 0.4) is 0 Å². The molecule has 0 spiro atoms. The number of nitrogens with zero attached hydrogens (tertiary/aromatic N) is 2. The molecular weight excluding hydrogens is 398 g/mol. The van der Waals surface area contributed by atoms with Gasteiger partial charge in [0.15, 0.2) is 11.5 Å². The van der Waals surface area contributed by atoms with Crippen LogP contribution in [0, 0.1) is 6.92 Å². The normalized spacial score (nSPS) is 15.8. The molecule has 2 heterocycles. The Hall–Kier alpha value is -1.67. The van der Waals surface area contributed by atoms with Gasteiger partial charge in [0.2, 0.25) is 0 Å². The second kappa shape index (κ2) is 12.2. The summed E-state index contributed by atoms with van der Waals surface area (Å²) in [5, 5.41) is 13.9. The maximum absolute atomic E-state index is 10.4. The first-order chi connectivity index (χ1) is 14.7. The van der Waals surface area contributed by atoms with Gasteiger partial charge in [0.1, 0.15) is 12.7 Å². The number of hydrogen-bond donors (Lipinski definition) is 2. The van der Waals surface area contributed by atoms with Gasteiger partial charge < -0.3 is 24.8 Å². The fourth-order valence-electron chi connectivity index (χ4n) is 3.80. The average molecular weight is 434 g/mol. The van der Waals surface area contributed by atoms with Crippen LogP contribution in [0.1, 0.15) is 41.8 Å². The van der Waals surface area contributed by atoms with Gasteiger partial charge in [0.05, 0.1) is 18.3 Å². The van der Waals surface area contributed by atoms with Crippen molar-refractivity contribution in [1.29, 1.82) is 0 Å². The third-order valence-corrected chi connectivity index (χ3v) is 6.50. The van der Waals surface area contributed by atoms with E-state index in [1.165, 1.54) is 24.1 Å². The molecule has 1 saturated heterocycles. The molecule has 0 unspecified atom stereocenters. The molecule has 0 aliphatic carbocycles. The predicted octanol–water partition coefficient (Wildman–Crippen LogP) is 3.41. The highest BCUT2D eigenvalue weighted by Gasteiger charge is 2.16. The second-order valence-corrected chi connectivity index (χ2v) is 8.89. The van der Waals surface area contributed by atoms with Crippen LogP contribution in [-0.2, 0) is 13.0 Å². The lowest BCUT2D eigenvalue weighted by molar-refractivity contribution is 0.0608. The molecule has 2 N–H and O–H groups in total. The quantitative estimate of drug-likeness (QED) is 0.500. The van der Waals surface area contributed by atoms with Crippen LogP contribution in [0.4, 0.5) is 0 Å². The summed E-state index contributed by atoms with van der Waals surface area (Å²) < 4.78 is 11.4. The Bertz CT molecular complexity index is 762. The van der Waals surface area contributed by atoms with Gasteiger partial charge in [-0.05, 0) is 69.9 Å². The molecule has 1 aliphatic heterocycles. The van der Waals surface area contributed by atoms with Gasteiger partial charge in [0, 0.05) is 18.0 Å². The number of aliphatic hydroxyl groups is 1. The zero-order chi connectivity index (χ0) is 21.2. The molecule has 6 nitrogen and oxygen atoms in total. The number of aliphatic hydroxyl groups excluding tert-OH is 1. The number of aromatic nitrogens is 1. The summed E-state index contributed by atoms with van der Waals surface area (Å²) >= 11 is 1.74. The minimum absolute atomic E-state index is 0.276. The van der Waals surface area contributed by atoms with Crippen LogP contribution in [0.2, 0.25) is 0 Å². The Morgan fingerprint density at radius 1 is 1.23 bits per heavy atom. The van der Waals surface area contributed by atoms with Crippen LogP contribution in [0.5, 0.6) is 11.5 Å². The summed E-state index contributed by atoms with van der Waals surface area (Å²) in [4.78, 5) is 8.00. The van der Waals surface area contributed by atoms with Crippen molar-refractivity contribution >= 4 is 11.3 Å². The number of β-amino-alcohol motifs (C(OH)–C–C–N with tert-alkyl or cyclic N) is 1. The van der Waals surface area contributed by atoms with Crippen molar-refractivity contribution in [3.05, 3.63) is 39.8 Å². The van der Waals surface area contributed by atoms with E-state index in [0.29, 0.717) is 18.0 Å². The van der Waals surface area contributed by atoms with Crippen LogP contribution in [0.15, 0.2) is 23.7 Å². The Balaban J connectivity index is 1.42. The first kappa shape index (κ1) is 23.0. The summed E-state index contributed by atoms with van der Waals surface area (Å²) in [5.41, 5.74) is 4.21. The maximum Gasteiger partial charge on any atom is 0.161 e. The first-order valence-electron chi connectivity index (χ1n) is 11.0. The number of aryl methyl sites for hydroxylation is 2. The number of piperidine rings is 1. The van der Waals surface area contributed by atoms with Crippen LogP contribution < -0.4 is 14.8 Å². The lowest BCUT2D eigenvalue weighted by Gasteiger charge is -2.28. The van der Waals surface area contributed by atoms with Crippen molar-refractivity contribution in [2.45, 2.75) is 51.7 Å². The third-order valence-electron chi connectivity index (χ3n) is 5.51. The molecule has 1 aromatic heterocycles. The Labute approximate surface area is 184 Å². The molecule has 30 heavy (non-hydrogen) atoms. The molecule has 0 amide bonds. The van der Waals surface area contributed by atoms with Crippen molar-refractivity contribution < 1.29 is 14.6 Å². The summed E-state index contributed by atoms with van der Waals surface area (Å²) in [6.07, 6.45) is 5.40. The highest BCUT2D eigenvalue weighted by atomic mass is 32.1. The lowest BCUT2D eigenvalue weighted by Crippen LogP contribution is -2.38. The van der Waals surface area contributed by atoms with E-state index in [2.05, 4.69) is 28.2 Å². The standard InChI is InChI=1S/C23H35N3O3S/c1-18-23(30-17-25-18)7-6-10-24-14-19-8-9-21(28-2)22(13-19)29-16-20(27)15-26-11-4-3-5-12-26/h8-9,13,17,20,24,27H,3-7,10-12,14-16H2,1-2H3/t20-/m1/s1. The van der Waals surface area contributed by atoms with E-state index in [1.54, 1.807) is 18.4 Å². The molecular formula is C23H35N3O3S.